The minimum atomic E-state index is -0.856. The van der Waals surface area contributed by atoms with Gasteiger partial charge in [0.05, 0.1) is 5.69 Å². The Bertz CT molecular complexity index is 291. The van der Waals surface area contributed by atoms with Gasteiger partial charge in [-0.3, -0.25) is 4.98 Å². The quantitative estimate of drug-likeness (QED) is 0.803. The molecule has 1 heterocycles. The highest BCUT2D eigenvalue weighted by Crippen LogP contribution is 2.22. The van der Waals surface area contributed by atoms with Crippen molar-refractivity contribution in [3.05, 3.63) is 28.0 Å². The van der Waals surface area contributed by atoms with Crippen LogP contribution in [-0.4, -0.2) is 10.1 Å². The van der Waals surface area contributed by atoms with Gasteiger partial charge in [-0.15, -0.1) is 0 Å². The number of pyridine rings is 1. The van der Waals surface area contributed by atoms with Crippen LogP contribution in [0.15, 0.2) is 16.7 Å². The molecule has 0 saturated heterocycles. The Labute approximate surface area is 80.8 Å². The molecule has 1 rings (SSSR count). The minimum absolute atomic E-state index is 0.728. The largest absolute Gasteiger partial charge is 0.384 e. The van der Waals surface area contributed by atoms with E-state index in [1.165, 1.54) is 0 Å². The lowest BCUT2D eigenvalue weighted by molar-refractivity contribution is 0.0731. The fourth-order valence-electron chi connectivity index (χ4n) is 1.18. The molecule has 0 saturated carbocycles. The van der Waals surface area contributed by atoms with Gasteiger partial charge in [0, 0.05) is 10.7 Å². The molecule has 0 aliphatic rings. The molecule has 66 valence electrons. The number of halogens is 1. The summed E-state index contributed by atoms with van der Waals surface area (Å²) in [5.41, 5.74) is 0.868. The molecule has 1 aromatic rings. The lowest BCUT2D eigenvalue weighted by Gasteiger charge is -2.18. The molecule has 0 spiro atoms. The second-order valence-corrected chi connectivity index (χ2v) is 4.29. The first-order valence-electron chi connectivity index (χ1n) is 3.76. The van der Waals surface area contributed by atoms with Gasteiger partial charge in [0.15, 0.2) is 0 Å². The number of aliphatic hydroxyl groups is 1. The molecule has 3 heteroatoms. The second kappa shape index (κ2) is 3.15. The molecule has 1 N–H and O–H groups in total. The molecular formula is C9H12BrNO. The van der Waals surface area contributed by atoms with Crippen LogP contribution in [0.4, 0.5) is 0 Å². The van der Waals surface area contributed by atoms with Crippen molar-refractivity contribution < 1.29 is 5.11 Å². The average Bonchev–Trinajstić information content (AvgIpc) is 1.83. The highest BCUT2D eigenvalue weighted by atomic mass is 79.9. The monoisotopic (exact) mass is 229 g/mol. The predicted octanol–water partition coefficient (Wildman–Crippen LogP) is 2.38. The highest BCUT2D eigenvalue weighted by molar-refractivity contribution is 9.10. The van der Waals surface area contributed by atoms with Crippen LogP contribution in [0.2, 0.25) is 0 Å². The van der Waals surface area contributed by atoms with Crippen molar-refractivity contribution in [2.24, 2.45) is 0 Å². The maximum atomic E-state index is 9.68. The van der Waals surface area contributed by atoms with E-state index in [2.05, 4.69) is 20.9 Å². The average molecular weight is 230 g/mol. The number of rotatable bonds is 1. The smallest absolute Gasteiger partial charge is 0.101 e. The van der Waals surface area contributed by atoms with Crippen molar-refractivity contribution in [2.75, 3.05) is 0 Å². The summed E-state index contributed by atoms with van der Waals surface area (Å²) in [7, 11) is 0. The summed E-state index contributed by atoms with van der Waals surface area (Å²) in [6.45, 7) is 5.40. The maximum absolute atomic E-state index is 9.68. The van der Waals surface area contributed by atoms with Crippen molar-refractivity contribution >= 4 is 15.9 Å². The number of aromatic nitrogens is 1. The third-order valence-corrected chi connectivity index (χ3v) is 2.06. The molecule has 0 radical (unpaired) electrons. The van der Waals surface area contributed by atoms with E-state index >= 15 is 0 Å². The third kappa shape index (κ3) is 2.05. The second-order valence-electron chi connectivity index (χ2n) is 3.38. The molecule has 0 atom stereocenters. The lowest BCUT2D eigenvalue weighted by atomic mass is 10.0. The van der Waals surface area contributed by atoms with E-state index in [-0.39, 0.29) is 0 Å². The van der Waals surface area contributed by atoms with Gasteiger partial charge in [0.1, 0.15) is 5.60 Å². The molecule has 0 fully saturated rings. The van der Waals surface area contributed by atoms with Gasteiger partial charge in [0.25, 0.3) is 0 Å². The molecule has 0 aliphatic carbocycles. The van der Waals surface area contributed by atoms with Crippen molar-refractivity contribution in [1.82, 2.24) is 4.98 Å². The van der Waals surface area contributed by atoms with Gasteiger partial charge in [0.2, 0.25) is 0 Å². The minimum Gasteiger partial charge on any atom is -0.384 e. The van der Waals surface area contributed by atoms with Crippen molar-refractivity contribution in [2.45, 2.75) is 26.4 Å². The van der Waals surface area contributed by atoms with Crippen LogP contribution in [0.3, 0.4) is 0 Å². The van der Waals surface area contributed by atoms with E-state index in [4.69, 9.17) is 0 Å². The van der Waals surface area contributed by atoms with E-state index in [0.717, 1.165) is 15.7 Å². The van der Waals surface area contributed by atoms with Gasteiger partial charge < -0.3 is 5.11 Å². The Morgan fingerprint density at radius 2 is 2.08 bits per heavy atom. The van der Waals surface area contributed by atoms with Crippen molar-refractivity contribution in [3.8, 4) is 0 Å². The normalized spacial score (nSPS) is 11.8. The van der Waals surface area contributed by atoms with Gasteiger partial charge >= 0.3 is 0 Å². The van der Waals surface area contributed by atoms with Crippen LogP contribution in [0.25, 0.3) is 0 Å². The third-order valence-electron chi connectivity index (χ3n) is 1.62. The highest BCUT2D eigenvalue weighted by Gasteiger charge is 2.19. The topological polar surface area (TPSA) is 33.1 Å². The fourth-order valence-corrected chi connectivity index (χ4v) is 1.63. The molecular weight excluding hydrogens is 218 g/mol. The summed E-state index contributed by atoms with van der Waals surface area (Å²) in [5, 5.41) is 9.68. The van der Waals surface area contributed by atoms with Gasteiger partial charge in [-0.05, 0) is 48.3 Å². The van der Waals surface area contributed by atoms with Gasteiger partial charge in [-0.2, -0.15) is 0 Å². The first-order chi connectivity index (χ1) is 5.41. The number of hydrogen-bond donors (Lipinski definition) is 1. The first kappa shape index (κ1) is 9.68. The number of hydrogen-bond acceptors (Lipinski definition) is 2. The summed E-state index contributed by atoms with van der Waals surface area (Å²) in [4.78, 5) is 4.15. The Kier molecular flexibility index (Phi) is 2.54. The van der Waals surface area contributed by atoms with Crippen LogP contribution >= 0.6 is 15.9 Å². The molecule has 0 aliphatic heterocycles. The van der Waals surface area contributed by atoms with Crippen LogP contribution in [0.1, 0.15) is 25.1 Å². The van der Waals surface area contributed by atoms with Crippen LogP contribution < -0.4 is 0 Å². The van der Waals surface area contributed by atoms with Crippen molar-refractivity contribution in [1.29, 1.82) is 0 Å². The summed E-state index contributed by atoms with van der Waals surface area (Å²) < 4.78 is 0.938. The summed E-state index contributed by atoms with van der Waals surface area (Å²) in [5.74, 6) is 0. The van der Waals surface area contributed by atoms with Crippen LogP contribution in [0, 0.1) is 6.92 Å². The molecule has 0 amide bonds. The molecule has 0 aromatic carbocycles. The molecule has 2 nitrogen and oxygen atoms in total. The number of aryl methyl sites for hydroxylation is 1. The number of nitrogens with zero attached hydrogens (tertiary/aromatic N) is 1. The van der Waals surface area contributed by atoms with E-state index in [1.54, 1.807) is 20.0 Å². The van der Waals surface area contributed by atoms with Crippen molar-refractivity contribution in [3.63, 3.8) is 0 Å². The summed E-state index contributed by atoms with van der Waals surface area (Å²) in [6, 6.07) is 1.94. The fraction of sp³-hybridized carbons (Fsp3) is 0.444. The van der Waals surface area contributed by atoms with Gasteiger partial charge in [-0.1, -0.05) is 0 Å². The molecule has 0 bridgehead atoms. The summed E-state index contributed by atoms with van der Waals surface area (Å²) >= 11 is 3.32. The van der Waals surface area contributed by atoms with E-state index in [9.17, 15) is 5.11 Å². The Morgan fingerprint density at radius 1 is 1.50 bits per heavy atom. The SMILES string of the molecule is Cc1cc(Br)cnc1C(C)(C)O. The Morgan fingerprint density at radius 3 is 2.50 bits per heavy atom. The maximum Gasteiger partial charge on any atom is 0.101 e. The molecule has 0 unspecified atom stereocenters. The predicted molar refractivity (Wildman–Crippen MR) is 51.9 cm³/mol. The zero-order valence-corrected chi connectivity index (χ0v) is 9.01. The van der Waals surface area contributed by atoms with E-state index in [0.29, 0.717) is 0 Å². The molecule has 12 heavy (non-hydrogen) atoms. The van der Waals surface area contributed by atoms with Gasteiger partial charge in [-0.25, -0.2) is 0 Å². The zero-order chi connectivity index (χ0) is 9.35. The van der Waals surface area contributed by atoms with E-state index in [1.807, 2.05) is 13.0 Å². The van der Waals surface area contributed by atoms with Crippen LogP contribution in [-0.2, 0) is 5.60 Å². The lowest BCUT2D eigenvalue weighted by Crippen LogP contribution is -2.18. The zero-order valence-electron chi connectivity index (χ0n) is 7.43. The van der Waals surface area contributed by atoms with E-state index < -0.39 is 5.60 Å². The first-order valence-corrected chi connectivity index (χ1v) is 4.55. The standard InChI is InChI=1S/C9H12BrNO/c1-6-4-7(10)5-11-8(6)9(2,3)12/h4-5,12H,1-3H3. The Balaban J connectivity index is 3.19. The van der Waals surface area contributed by atoms with Crippen LogP contribution in [0.5, 0.6) is 0 Å². The Hall–Kier alpha value is -0.410. The summed E-state index contributed by atoms with van der Waals surface area (Å²) in [6.07, 6.45) is 1.69. The molecule has 1 aromatic heterocycles.